The number of benzene rings is 4. The van der Waals surface area contributed by atoms with Crippen LogP contribution in [0.15, 0.2) is 66.7 Å². The van der Waals surface area contributed by atoms with Crippen molar-refractivity contribution >= 4 is 10.8 Å². The van der Waals surface area contributed by atoms with Crippen LogP contribution in [0.3, 0.4) is 0 Å². The summed E-state index contributed by atoms with van der Waals surface area (Å²) in [4.78, 5) is 0. The second kappa shape index (κ2) is 10.3. The van der Waals surface area contributed by atoms with Crippen molar-refractivity contribution in [2.75, 3.05) is 13.7 Å². The Bertz CT molecular complexity index is 1480. The summed E-state index contributed by atoms with van der Waals surface area (Å²) < 4.78 is 61.3. The Balaban J connectivity index is 1.54. The Morgan fingerprint density at radius 1 is 0.647 bits per heavy atom. The first-order valence-electron chi connectivity index (χ1n) is 10.4. The van der Waals surface area contributed by atoms with Gasteiger partial charge in [-0.3, -0.25) is 0 Å². The fourth-order valence-corrected chi connectivity index (χ4v) is 3.37. The average Bonchev–Trinajstić information content (AvgIpc) is 2.81. The molecule has 0 aliphatic carbocycles. The van der Waals surface area contributed by atoms with E-state index in [1.165, 1.54) is 49.6 Å². The minimum absolute atomic E-state index is 0.157. The van der Waals surface area contributed by atoms with Gasteiger partial charge in [0.05, 0.1) is 17.7 Å². The number of rotatable bonds is 3. The normalized spacial score (nSPS) is 10.4. The summed E-state index contributed by atoms with van der Waals surface area (Å²) >= 11 is 0. The fourth-order valence-electron chi connectivity index (χ4n) is 3.37. The summed E-state index contributed by atoms with van der Waals surface area (Å²) in [6, 6.07) is 16.3. The smallest absolute Gasteiger partial charge is 0.142 e. The van der Waals surface area contributed by atoms with Crippen LogP contribution in [0, 0.1) is 47.0 Å². The molecule has 0 heterocycles. The highest BCUT2D eigenvalue weighted by molar-refractivity contribution is 5.84. The van der Waals surface area contributed by atoms with Crippen molar-refractivity contribution in [2.45, 2.75) is 6.42 Å². The Labute approximate surface area is 195 Å². The maximum atomic E-state index is 14.5. The van der Waals surface area contributed by atoms with E-state index in [1.807, 2.05) is 0 Å². The first-order chi connectivity index (χ1) is 16.4. The minimum atomic E-state index is -0.778. The fraction of sp³-hybridized carbons (Fsp3) is 0.103. The molecular formula is C29H18F4O. The molecule has 0 saturated heterocycles. The molecule has 0 spiro atoms. The summed E-state index contributed by atoms with van der Waals surface area (Å²) in [5.41, 5.74) is 1.17. The van der Waals surface area contributed by atoms with Gasteiger partial charge >= 0.3 is 0 Å². The van der Waals surface area contributed by atoms with Gasteiger partial charge in [-0.05, 0) is 77.4 Å². The summed E-state index contributed by atoms with van der Waals surface area (Å²) in [6.45, 7) is 0.346. The van der Waals surface area contributed by atoms with E-state index in [4.69, 9.17) is 4.74 Å². The molecule has 0 N–H and O–H groups in total. The quantitative estimate of drug-likeness (QED) is 0.256. The molecule has 0 atom stereocenters. The van der Waals surface area contributed by atoms with Crippen molar-refractivity contribution in [1.29, 1.82) is 0 Å². The lowest BCUT2D eigenvalue weighted by Crippen LogP contribution is -1.99. The standard InChI is InChI=1S/C29H18F4O/c1-34-13-12-21-16-28(32)26(29(33)17-21)11-5-20-3-7-22(27(31)15-20)6-2-19-4-8-24-18-25(30)10-9-23(24)14-19/h3-4,7-10,14-18H,12-13H2,1H3. The van der Waals surface area contributed by atoms with Crippen LogP contribution in [0.1, 0.15) is 27.8 Å². The lowest BCUT2D eigenvalue weighted by atomic mass is 10.1. The third-order valence-electron chi connectivity index (χ3n) is 5.14. The second-order valence-electron chi connectivity index (χ2n) is 7.58. The zero-order valence-corrected chi connectivity index (χ0v) is 18.2. The van der Waals surface area contributed by atoms with E-state index in [0.29, 0.717) is 24.2 Å². The first-order valence-corrected chi connectivity index (χ1v) is 10.4. The number of hydrogen-bond donors (Lipinski definition) is 0. The van der Waals surface area contributed by atoms with Gasteiger partial charge in [-0.25, -0.2) is 17.6 Å². The summed E-state index contributed by atoms with van der Waals surface area (Å²) in [6.07, 6.45) is 0.378. The molecule has 34 heavy (non-hydrogen) atoms. The van der Waals surface area contributed by atoms with Gasteiger partial charge in [0.2, 0.25) is 0 Å². The molecule has 0 saturated carbocycles. The highest BCUT2D eigenvalue weighted by Crippen LogP contribution is 2.18. The van der Waals surface area contributed by atoms with Crippen LogP contribution in [0.25, 0.3) is 10.8 Å². The van der Waals surface area contributed by atoms with Crippen molar-refractivity contribution in [3.63, 3.8) is 0 Å². The van der Waals surface area contributed by atoms with Crippen LogP contribution in [0.4, 0.5) is 17.6 Å². The van der Waals surface area contributed by atoms with Crippen LogP contribution in [-0.2, 0) is 11.2 Å². The van der Waals surface area contributed by atoms with E-state index in [-0.39, 0.29) is 22.5 Å². The van der Waals surface area contributed by atoms with Gasteiger partial charge in [-0.15, -0.1) is 0 Å². The zero-order chi connectivity index (χ0) is 24.1. The molecule has 1 nitrogen and oxygen atoms in total. The van der Waals surface area contributed by atoms with E-state index in [2.05, 4.69) is 23.7 Å². The molecule has 4 rings (SSSR count). The van der Waals surface area contributed by atoms with Crippen molar-refractivity contribution in [3.8, 4) is 23.7 Å². The third-order valence-corrected chi connectivity index (χ3v) is 5.14. The van der Waals surface area contributed by atoms with Crippen LogP contribution < -0.4 is 0 Å². The van der Waals surface area contributed by atoms with E-state index >= 15 is 0 Å². The Morgan fingerprint density at radius 2 is 1.29 bits per heavy atom. The van der Waals surface area contributed by atoms with Crippen molar-refractivity contribution in [1.82, 2.24) is 0 Å². The maximum Gasteiger partial charge on any atom is 0.142 e. The Morgan fingerprint density at radius 3 is 2.03 bits per heavy atom. The van der Waals surface area contributed by atoms with Crippen molar-refractivity contribution in [2.24, 2.45) is 0 Å². The Hall–Kier alpha value is -4.06. The molecule has 0 unspecified atom stereocenters. The molecule has 0 aliphatic heterocycles. The molecule has 5 heteroatoms. The van der Waals surface area contributed by atoms with Crippen LogP contribution in [-0.4, -0.2) is 13.7 Å². The van der Waals surface area contributed by atoms with Gasteiger partial charge < -0.3 is 4.74 Å². The van der Waals surface area contributed by atoms with Crippen LogP contribution in [0.2, 0.25) is 0 Å². The molecule has 0 bridgehead atoms. The van der Waals surface area contributed by atoms with Crippen LogP contribution in [0.5, 0.6) is 0 Å². The van der Waals surface area contributed by atoms with Gasteiger partial charge in [0.1, 0.15) is 23.3 Å². The van der Waals surface area contributed by atoms with Gasteiger partial charge in [-0.2, -0.15) is 0 Å². The van der Waals surface area contributed by atoms with E-state index in [0.717, 1.165) is 10.8 Å². The van der Waals surface area contributed by atoms with E-state index in [9.17, 15) is 17.6 Å². The maximum absolute atomic E-state index is 14.5. The number of hydrogen-bond acceptors (Lipinski definition) is 1. The first kappa shape index (κ1) is 23.1. The van der Waals surface area contributed by atoms with Crippen molar-refractivity contribution < 1.29 is 22.3 Å². The highest BCUT2D eigenvalue weighted by atomic mass is 19.1. The summed E-state index contributed by atoms with van der Waals surface area (Å²) in [5, 5.41) is 1.57. The summed E-state index contributed by atoms with van der Waals surface area (Å²) in [7, 11) is 1.51. The molecule has 4 aromatic rings. The topological polar surface area (TPSA) is 9.23 Å². The molecule has 168 valence electrons. The third kappa shape index (κ3) is 5.46. The molecular weight excluding hydrogens is 440 g/mol. The second-order valence-corrected chi connectivity index (χ2v) is 7.58. The minimum Gasteiger partial charge on any atom is -0.384 e. The number of fused-ring (bicyclic) bond motifs is 1. The lowest BCUT2D eigenvalue weighted by molar-refractivity contribution is 0.202. The molecule has 0 aromatic heterocycles. The number of methoxy groups -OCH3 is 1. The van der Waals surface area contributed by atoms with Crippen LogP contribution >= 0.6 is 0 Å². The van der Waals surface area contributed by atoms with Gasteiger partial charge in [-0.1, -0.05) is 35.8 Å². The lowest BCUT2D eigenvalue weighted by Gasteiger charge is -2.03. The van der Waals surface area contributed by atoms with Gasteiger partial charge in [0.25, 0.3) is 0 Å². The molecule has 0 aliphatic rings. The number of ether oxygens (including phenoxy) is 1. The zero-order valence-electron chi connectivity index (χ0n) is 18.2. The number of halogens is 4. The predicted octanol–water partition coefficient (Wildman–Crippen LogP) is 6.38. The molecule has 0 radical (unpaired) electrons. The largest absolute Gasteiger partial charge is 0.384 e. The Kier molecular flexibility index (Phi) is 6.97. The predicted molar refractivity (Wildman–Crippen MR) is 124 cm³/mol. The monoisotopic (exact) mass is 458 g/mol. The molecule has 0 amide bonds. The molecule has 4 aromatic carbocycles. The highest BCUT2D eigenvalue weighted by Gasteiger charge is 2.09. The van der Waals surface area contributed by atoms with Gasteiger partial charge in [0, 0.05) is 18.2 Å². The van der Waals surface area contributed by atoms with E-state index in [1.54, 1.807) is 24.3 Å². The summed E-state index contributed by atoms with van der Waals surface area (Å²) in [5.74, 6) is 8.23. The average molecular weight is 458 g/mol. The van der Waals surface area contributed by atoms with E-state index < -0.39 is 17.5 Å². The SMILES string of the molecule is COCCc1cc(F)c(C#Cc2ccc(C#Cc3ccc4cc(F)ccc4c3)c(F)c2)c(F)c1. The molecule has 0 fully saturated rings. The van der Waals surface area contributed by atoms with Crippen molar-refractivity contribution in [3.05, 3.63) is 118 Å². The van der Waals surface area contributed by atoms with Gasteiger partial charge in [0.15, 0.2) is 0 Å².